The topological polar surface area (TPSA) is 75.9 Å². The summed E-state index contributed by atoms with van der Waals surface area (Å²) in [6, 6.07) is 8.88. The van der Waals surface area contributed by atoms with Crippen LogP contribution in [0.15, 0.2) is 24.3 Å². The molecule has 6 heteroatoms. The number of para-hydroxylation sites is 2. The monoisotopic (exact) mass is 261 g/mol. The molecule has 2 aromatic rings. The Morgan fingerprint density at radius 3 is 2.56 bits per heavy atom. The second kappa shape index (κ2) is 4.98. The summed E-state index contributed by atoms with van der Waals surface area (Å²) in [5.74, 6) is -1.87. The van der Waals surface area contributed by atoms with Crippen molar-refractivity contribution in [2.75, 3.05) is 7.11 Å². The van der Waals surface area contributed by atoms with E-state index in [0.717, 1.165) is 0 Å². The smallest absolute Gasteiger partial charge is 0.329 e. The van der Waals surface area contributed by atoms with Crippen LogP contribution >= 0.6 is 11.6 Å². The molecule has 0 saturated heterocycles. The van der Waals surface area contributed by atoms with Crippen LogP contribution in [0.5, 0.6) is 0 Å². The van der Waals surface area contributed by atoms with Gasteiger partial charge in [0.25, 0.3) is 0 Å². The van der Waals surface area contributed by atoms with E-state index in [1.165, 1.54) is 7.11 Å². The number of aromatic nitrogens is 2. The van der Waals surface area contributed by atoms with E-state index in [2.05, 4.69) is 14.7 Å². The first-order chi connectivity index (χ1) is 8.67. The minimum Gasteiger partial charge on any atom is -0.468 e. The van der Waals surface area contributed by atoms with Crippen LogP contribution in [0.1, 0.15) is 11.6 Å². The van der Waals surface area contributed by atoms with Crippen LogP contribution in [0.2, 0.25) is 5.15 Å². The molecule has 0 fully saturated rings. The Morgan fingerprint density at radius 2 is 2.00 bits per heavy atom. The summed E-state index contributed by atoms with van der Waals surface area (Å²) in [7, 11) is 1.20. The molecule has 2 rings (SSSR count). The third-order valence-corrected chi connectivity index (χ3v) is 2.67. The molecule has 0 N–H and O–H groups in total. The van der Waals surface area contributed by atoms with Gasteiger partial charge < -0.3 is 4.74 Å². The Labute approximate surface area is 108 Å². The van der Waals surface area contributed by atoms with E-state index in [1.54, 1.807) is 24.3 Å². The Balaban J connectivity index is 2.60. The molecule has 0 spiro atoms. The Kier molecular flexibility index (Phi) is 3.40. The van der Waals surface area contributed by atoms with Crippen LogP contribution in [0.3, 0.4) is 0 Å². The Hall–Kier alpha value is -2.19. The van der Waals surface area contributed by atoms with E-state index in [4.69, 9.17) is 16.9 Å². The highest BCUT2D eigenvalue weighted by atomic mass is 35.5. The molecule has 0 unspecified atom stereocenters. The van der Waals surface area contributed by atoms with Gasteiger partial charge in [0.1, 0.15) is 5.69 Å². The summed E-state index contributed by atoms with van der Waals surface area (Å²) in [4.78, 5) is 19.8. The quantitative estimate of drug-likeness (QED) is 0.774. The number of hydrogen-bond acceptors (Lipinski definition) is 5. The van der Waals surface area contributed by atoms with E-state index in [9.17, 15) is 4.79 Å². The third-order valence-electron chi connectivity index (χ3n) is 2.39. The number of nitriles is 1. The van der Waals surface area contributed by atoms with Crippen molar-refractivity contribution in [1.29, 1.82) is 5.26 Å². The van der Waals surface area contributed by atoms with Gasteiger partial charge in [-0.3, -0.25) is 4.79 Å². The molecule has 0 aliphatic carbocycles. The van der Waals surface area contributed by atoms with Gasteiger partial charge in [-0.05, 0) is 12.1 Å². The minimum atomic E-state index is -1.17. The molecule has 0 radical (unpaired) electrons. The number of carbonyl (C=O) groups is 1. The van der Waals surface area contributed by atoms with Crippen LogP contribution in [-0.4, -0.2) is 23.0 Å². The first-order valence-corrected chi connectivity index (χ1v) is 5.44. The summed E-state index contributed by atoms with van der Waals surface area (Å²) >= 11 is 5.95. The maximum Gasteiger partial charge on any atom is 0.329 e. The van der Waals surface area contributed by atoms with Crippen LogP contribution < -0.4 is 0 Å². The fourth-order valence-electron chi connectivity index (χ4n) is 1.52. The van der Waals surface area contributed by atoms with Crippen LogP contribution in [0.4, 0.5) is 0 Å². The molecule has 18 heavy (non-hydrogen) atoms. The second-order valence-corrected chi connectivity index (χ2v) is 3.83. The number of rotatable bonds is 2. The molecule has 0 aliphatic rings. The van der Waals surface area contributed by atoms with Crippen molar-refractivity contribution < 1.29 is 9.53 Å². The van der Waals surface area contributed by atoms with Crippen molar-refractivity contribution in [3.63, 3.8) is 0 Å². The second-order valence-electron chi connectivity index (χ2n) is 3.47. The zero-order chi connectivity index (χ0) is 13.1. The lowest BCUT2D eigenvalue weighted by atomic mass is 10.1. The van der Waals surface area contributed by atoms with E-state index in [-0.39, 0.29) is 10.8 Å². The van der Waals surface area contributed by atoms with Crippen molar-refractivity contribution in [3.05, 3.63) is 35.1 Å². The van der Waals surface area contributed by atoms with Gasteiger partial charge in [0, 0.05) is 0 Å². The maximum absolute atomic E-state index is 11.5. The largest absolute Gasteiger partial charge is 0.468 e. The number of benzene rings is 1. The van der Waals surface area contributed by atoms with Crippen molar-refractivity contribution in [1.82, 2.24) is 9.97 Å². The summed E-state index contributed by atoms with van der Waals surface area (Å²) in [5, 5.41) is 9.03. The lowest BCUT2D eigenvalue weighted by molar-refractivity contribution is -0.141. The van der Waals surface area contributed by atoms with Crippen LogP contribution in [0.25, 0.3) is 11.0 Å². The van der Waals surface area contributed by atoms with Crippen molar-refractivity contribution in [2.24, 2.45) is 0 Å². The van der Waals surface area contributed by atoms with Gasteiger partial charge in [-0.15, -0.1) is 0 Å². The predicted octanol–water partition coefficient (Wildman–Crippen LogP) is 2.06. The lowest BCUT2D eigenvalue weighted by Gasteiger charge is -2.08. The Morgan fingerprint density at radius 1 is 1.39 bits per heavy atom. The van der Waals surface area contributed by atoms with Gasteiger partial charge in [-0.2, -0.15) is 5.26 Å². The summed E-state index contributed by atoms with van der Waals surface area (Å²) < 4.78 is 4.54. The molecule has 1 atom stereocenters. The average Bonchev–Trinajstić information content (AvgIpc) is 2.39. The minimum absolute atomic E-state index is 0.0330. The highest BCUT2D eigenvalue weighted by Crippen LogP contribution is 2.24. The van der Waals surface area contributed by atoms with E-state index in [0.29, 0.717) is 11.0 Å². The number of halogens is 1. The molecule has 0 aliphatic heterocycles. The lowest BCUT2D eigenvalue weighted by Crippen LogP contribution is -2.15. The number of carbonyl (C=O) groups excluding carboxylic acids is 1. The SMILES string of the molecule is COC(=O)[C@@H](C#N)c1nc2ccccc2nc1Cl. The van der Waals surface area contributed by atoms with E-state index >= 15 is 0 Å². The van der Waals surface area contributed by atoms with E-state index in [1.807, 2.05) is 6.07 Å². The van der Waals surface area contributed by atoms with Gasteiger partial charge in [0.15, 0.2) is 11.1 Å². The predicted molar refractivity (Wildman–Crippen MR) is 64.9 cm³/mol. The van der Waals surface area contributed by atoms with E-state index < -0.39 is 11.9 Å². The molecule has 0 bridgehead atoms. The molecule has 0 amide bonds. The standard InChI is InChI=1S/C12H8ClN3O2/c1-18-12(17)7(6-14)10-11(13)16-9-5-3-2-4-8(9)15-10/h2-5,7H,1H3/t7-/m0/s1. The first-order valence-electron chi connectivity index (χ1n) is 5.07. The summed E-state index contributed by atoms with van der Waals surface area (Å²) in [6.07, 6.45) is 0. The molecular weight excluding hydrogens is 254 g/mol. The van der Waals surface area contributed by atoms with Gasteiger partial charge >= 0.3 is 5.97 Å². The molecule has 1 aromatic carbocycles. The zero-order valence-corrected chi connectivity index (χ0v) is 10.2. The molecule has 1 heterocycles. The van der Waals surface area contributed by atoms with Gasteiger partial charge in [0.05, 0.1) is 24.2 Å². The van der Waals surface area contributed by atoms with Crippen molar-refractivity contribution in [3.8, 4) is 6.07 Å². The zero-order valence-electron chi connectivity index (χ0n) is 9.42. The number of hydrogen-bond donors (Lipinski definition) is 0. The number of methoxy groups -OCH3 is 1. The number of nitrogens with zero attached hydrogens (tertiary/aromatic N) is 3. The first kappa shape index (κ1) is 12.3. The number of fused-ring (bicyclic) bond motifs is 1. The highest BCUT2D eigenvalue weighted by Gasteiger charge is 2.26. The van der Waals surface area contributed by atoms with Gasteiger partial charge in [-0.1, -0.05) is 23.7 Å². The molecular formula is C12H8ClN3O2. The van der Waals surface area contributed by atoms with Crippen molar-refractivity contribution in [2.45, 2.75) is 5.92 Å². The summed E-state index contributed by atoms with van der Waals surface area (Å²) in [5.41, 5.74) is 1.29. The van der Waals surface area contributed by atoms with Crippen molar-refractivity contribution >= 4 is 28.6 Å². The summed E-state index contributed by atoms with van der Waals surface area (Å²) in [6.45, 7) is 0. The maximum atomic E-state index is 11.5. The number of ether oxygens (including phenoxy) is 1. The van der Waals surface area contributed by atoms with Crippen LogP contribution in [-0.2, 0) is 9.53 Å². The molecule has 90 valence electrons. The molecule has 0 saturated carbocycles. The van der Waals surface area contributed by atoms with Gasteiger partial charge in [-0.25, -0.2) is 9.97 Å². The average molecular weight is 262 g/mol. The molecule has 1 aromatic heterocycles. The number of esters is 1. The fourth-order valence-corrected chi connectivity index (χ4v) is 1.76. The van der Waals surface area contributed by atoms with Gasteiger partial charge in [0.2, 0.25) is 0 Å². The third kappa shape index (κ3) is 2.11. The van der Waals surface area contributed by atoms with Crippen LogP contribution in [0, 0.1) is 11.3 Å². The molecule has 5 nitrogen and oxygen atoms in total. The normalized spacial score (nSPS) is 11.8. The Bertz CT molecular complexity index is 651. The fraction of sp³-hybridized carbons (Fsp3) is 0.167. The highest BCUT2D eigenvalue weighted by molar-refractivity contribution is 6.30.